The van der Waals surface area contributed by atoms with Gasteiger partial charge >= 0.3 is 0 Å². The number of amides is 1. The summed E-state index contributed by atoms with van der Waals surface area (Å²) in [5, 5.41) is 8.00. The number of hydrogen-bond donors (Lipinski definition) is 1. The van der Waals surface area contributed by atoms with Crippen LogP contribution in [0.1, 0.15) is 20.9 Å². The molecule has 0 atom stereocenters. The number of nitrogens with zero attached hydrogens (tertiary/aromatic N) is 4. The Balaban J connectivity index is 1.54. The number of anilines is 1. The van der Waals surface area contributed by atoms with Gasteiger partial charge in [0.15, 0.2) is 0 Å². The minimum Gasteiger partial charge on any atom is -0.306 e. The minimum atomic E-state index is -0.201. The monoisotopic (exact) mass is 453 g/mol. The summed E-state index contributed by atoms with van der Waals surface area (Å²) >= 11 is 4.81. The van der Waals surface area contributed by atoms with E-state index in [1.165, 1.54) is 11.3 Å². The number of carbonyl (C=O) groups is 1. The molecule has 0 aliphatic rings. The molecule has 0 aliphatic carbocycles. The predicted octanol–water partition coefficient (Wildman–Crippen LogP) is 4.77. The largest absolute Gasteiger partial charge is 0.306 e. The zero-order valence-electron chi connectivity index (χ0n) is 15.0. The second-order valence-corrected chi connectivity index (χ2v) is 8.02. The molecule has 0 fully saturated rings. The third kappa shape index (κ3) is 4.02. The highest BCUT2D eigenvalue weighted by Gasteiger charge is 2.18. The number of benzene rings is 1. The third-order valence-electron chi connectivity index (χ3n) is 4.07. The van der Waals surface area contributed by atoms with E-state index in [1.54, 1.807) is 23.1 Å². The van der Waals surface area contributed by atoms with E-state index < -0.39 is 0 Å². The number of rotatable bonds is 5. The zero-order chi connectivity index (χ0) is 19.5. The molecule has 0 saturated heterocycles. The molecular formula is C20H16BrN5OS. The van der Waals surface area contributed by atoms with Crippen LogP contribution in [0.2, 0.25) is 0 Å². The molecule has 1 aromatic carbocycles. The first-order valence-corrected chi connectivity index (χ1v) is 10.2. The normalized spacial score (nSPS) is 10.8. The molecule has 140 valence electrons. The Kier molecular flexibility index (Phi) is 5.31. The van der Waals surface area contributed by atoms with E-state index in [-0.39, 0.29) is 5.91 Å². The highest BCUT2D eigenvalue weighted by molar-refractivity contribution is 9.10. The Labute approximate surface area is 174 Å². The van der Waals surface area contributed by atoms with Gasteiger partial charge in [0, 0.05) is 16.7 Å². The molecule has 4 rings (SSSR count). The first-order chi connectivity index (χ1) is 13.6. The molecule has 3 aromatic heterocycles. The van der Waals surface area contributed by atoms with Crippen LogP contribution in [0.3, 0.4) is 0 Å². The number of hydrogen-bond acceptors (Lipinski definition) is 5. The van der Waals surface area contributed by atoms with Crippen LogP contribution in [0.4, 0.5) is 5.82 Å². The predicted molar refractivity (Wildman–Crippen MR) is 114 cm³/mol. The van der Waals surface area contributed by atoms with Crippen molar-refractivity contribution in [3.05, 3.63) is 81.5 Å². The van der Waals surface area contributed by atoms with Gasteiger partial charge in [-0.15, -0.1) is 11.3 Å². The maximum absolute atomic E-state index is 12.8. The van der Waals surface area contributed by atoms with E-state index in [2.05, 4.69) is 36.3 Å². The molecule has 4 aromatic rings. The van der Waals surface area contributed by atoms with E-state index in [9.17, 15) is 4.79 Å². The maximum Gasteiger partial charge on any atom is 0.268 e. The van der Waals surface area contributed by atoms with Crippen molar-refractivity contribution in [3.8, 4) is 10.7 Å². The molecule has 0 unspecified atom stereocenters. The fourth-order valence-electron chi connectivity index (χ4n) is 2.75. The second-order valence-electron chi connectivity index (χ2n) is 6.11. The smallest absolute Gasteiger partial charge is 0.268 e. The van der Waals surface area contributed by atoms with Gasteiger partial charge in [0.2, 0.25) is 0 Å². The van der Waals surface area contributed by atoms with Crippen molar-refractivity contribution < 1.29 is 4.79 Å². The average molecular weight is 454 g/mol. The second kappa shape index (κ2) is 8.04. The van der Waals surface area contributed by atoms with Crippen molar-refractivity contribution in [2.45, 2.75) is 13.5 Å². The first-order valence-electron chi connectivity index (χ1n) is 8.56. The molecule has 28 heavy (non-hydrogen) atoms. The van der Waals surface area contributed by atoms with Crippen LogP contribution in [-0.4, -0.2) is 25.7 Å². The topological polar surface area (TPSA) is 72.7 Å². The lowest BCUT2D eigenvalue weighted by Gasteiger charge is -2.09. The van der Waals surface area contributed by atoms with Crippen molar-refractivity contribution >= 4 is 39.0 Å². The molecule has 3 heterocycles. The fraction of sp³-hybridized carbons (Fsp3) is 0.100. The zero-order valence-corrected chi connectivity index (χ0v) is 17.4. The van der Waals surface area contributed by atoms with Crippen molar-refractivity contribution in [2.24, 2.45) is 0 Å². The number of carbonyl (C=O) groups excluding carboxylic acids is 1. The number of halogens is 1. The van der Waals surface area contributed by atoms with Crippen molar-refractivity contribution in [2.75, 3.05) is 5.32 Å². The maximum atomic E-state index is 12.8. The van der Waals surface area contributed by atoms with Gasteiger partial charge in [0.05, 0.1) is 24.1 Å². The Morgan fingerprint density at radius 2 is 2.07 bits per heavy atom. The van der Waals surface area contributed by atoms with Crippen LogP contribution in [0.25, 0.3) is 10.7 Å². The van der Waals surface area contributed by atoms with Crippen LogP contribution in [0.15, 0.2) is 65.4 Å². The van der Waals surface area contributed by atoms with E-state index in [0.29, 0.717) is 22.9 Å². The standard InChI is InChI=1S/C20H16BrN5OS/c1-13-18(28-20(24-13)16-7-2-3-9-22-16)19(27)25-17-8-10-23-26(17)12-14-5-4-6-15(21)11-14/h2-11H,12H2,1H3,(H,25,27). The van der Waals surface area contributed by atoms with Crippen LogP contribution in [0.5, 0.6) is 0 Å². The van der Waals surface area contributed by atoms with Gasteiger partial charge in [0.25, 0.3) is 5.91 Å². The molecule has 0 radical (unpaired) electrons. The third-order valence-corrected chi connectivity index (χ3v) is 5.74. The van der Waals surface area contributed by atoms with Gasteiger partial charge < -0.3 is 5.32 Å². The average Bonchev–Trinajstić information content (AvgIpc) is 3.29. The lowest BCUT2D eigenvalue weighted by atomic mass is 10.2. The summed E-state index contributed by atoms with van der Waals surface area (Å²) in [4.78, 5) is 22.2. The SMILES string of the molecule is Cc1nc(-c2ccccn2)sc1C(=O)Nc1ccnn1Cc1cccc(Br)c1. The van der Waals surface area contributed by atoms with Gasteiger partial charge in [-0.05, 0) is 36.8 Å². The summed E-state index contributed by atoms with van der Waals surface area (Å²) in [6.45, 7) is 2.39. The fourth-order valence-corrected chi connectivity index (χ4v) is 4.14. The van der Waals surface area contributed by atoms with Gasteiger partial charge in [-0.25, -0.2) is 9.67 Å². The summed E-state index contributed by atoms with van der Waals surface area (Å²) in [6, 6.07) is 15.4. The lowest BCUT2D eigenvalue weighted by Crippen LogP contribution is -2.16. The Morgan fingerprint density at radius 1 is 1.18 bits per heavy atom. The Hall–Kier alpha value is -2.84. The molecule has 0 bridgehead atoms. The van der Waals surface area contributed by atoms with E-state index in [4.69, 9.17) is 0 Å². The molecule has 1 amide bonds. The summed E-state index contributed by atoms with van der Waals surface area (Å²) in [5.74, 6) is 0.435. The number of pyridine rings is 1. The van der Waals surface area contributed by atoms with Gasteiger partial charge in [-0.1, -0.05) is 34.1 Å². The van der Waals surface area contributed by atoms with E-state index in [0.717, 1.165) is 20.7 Å². The molecule has 0 aliphatic heterocycles. The summed E-state index contributed by atoms with van der Waals surface area (Å²) in [5.41, 5.74) is 2.52. The van der Waals surface area contributed by atoms with E-state index in [1.807, 2.05) is 49.4 Å². The molecule has 0 spiro atoms. The molecule has 0 saturated carbocycles. The summed E-state index contributed by atoms with van der Waals surface area (Å²) < 4.78 is 2.76. The van der Waals surface area contributed by atoms with Crippen LogP contribution >= 0.6 is 27.3 Å². The molecule has 1 N–H and O–H groups in total. The highest BCUT2D eigenvalue weighted by atomic mass is 79.9. The molecule has 6 nitrogen and oxygen atoms in total. The number of nitrogens with one attached hydrogen (secondary N) is 1. The van der Waals surface area contributed by atoms with Crippen LogP contribution < -0.4 is 5.32 Å². The molecular weight excluding hydrogens is 438 g/mol. The van der Waals surface area contributed by atoms with Crippen LogP contribution in [-0.2, 0) is 6.54 Å². The molecule has 8 heteroatoms. The van der Waals surface area contributed by atoms with Crippen molar-refractivity contribution in [1.29, 1.82) is 0 Å². The lowest BCUT2D eigenvalue weighted by molar-refractivity contribution is 0.102. The Morgan fingerprint density at radius 3 is 2.86 bits per heavy atom. The quantitative estimate of drug-likeness (QED) is 0.472. The van der Waals surface area contributed by atoms with Gasteiger partial charge in [-0.3, -0.25) is 9.78 Å². The first kappa shape index (κ1) is 18.5. The summed E-state index contributed by atoms with van der Waals surface area (Å²) in [6.07, 6.45) is 3.39. The van der Waals surface area contributed by atoms with Crippen molar-refractivity contribution in [3.63, 3.8) is 0 Å². The van der Waals surface area contributed by atoms with Gasteiger partial charge in [0.1, 0.15) is 15.7 Å². The van der Waals surface area contributed by atoms with Crippen molar-refractivity contribution in [1.82, 2.24) is 19.7 Å². The highest BCUT2D eigenvalue weighted by Crippen LogP contribution is 2.27. The number of aromatic nitrogens is 4. The number of thiazole rings is 1. The van der Waals surface area contributed by atoms with Crippen LogP contribution in [0, 0.1) is 6.92 Å². The Bertz CT molecular complexity index is 1120. The summed E-state index contributed by atoms with van der Waals surface area (Å²) in [7, 11) is 0. The number of aryl methyl sites for hydroxylation is 1. The minimum absolute atomic E-state index is 0.201. The van der Waals surface area contributed by atoms with Gasteiger partial charge in [-0.2, -0.15) is 5.10 Å². The van der Waals surface area contributed by atoms with E-state index >= 15 is 0 Å².